The van der Waals surface area contributed by atoms with Gasteiger partial charge < -0.3 is 0 Å². The Hall–Kier alpha value is -3.52. The molecule has 1 aromatic heterocycles. The van der Waals surface area contributed by atoms with Crippen LogP contribution >= 0.6 is 0 Å². The average Bonchev–Trinajstić information content (AvgIpc) is 2.77. The van der Waals surface area contributed by atoms with E-state index in [2.05, 4.69) is 77.8 Å². The normalized spacial score (nSPS) is 11.6. The Morgan fingerprint density at radius 1 is 0.556 bits per heavy atom. The molecule has 0 atom stereocenters. The monoisotopic (exact) mass is 348 g/mol. The van der Waals surface area contributed by atoms with Crippen LogP contribution in [0.5, 0.6) is 0 Å². The summed E-state index contributed by atoms with van der Waals surface area (Å²) in [6.07, 6.45) is 3.66. The maximum Gasteiger partial charge on any atom is 0.136 e. The van der Waals surface area contributed by atoms with E-state index >= 15 is 0 Å². The van der Waals surface area contributed by atoms with Gasteiger partial charge in [-0.1, -0.05) is 97.1 Å². The molecule has 1 heterocycles. The third-order valence-electron chi connectivity index (χ3n) is 4.65. The van der Waals surface area contributed by atoms with E-state index in [0.717, 1.165) is 22.4 Å². The van der Waals surface area contributed by atoms with Crippen molar-refractivity contribution in [3.63, 3.8) is 0 Å². The van der Waals surface area contributed by atoms with Crippen LogP contribution in [0.25, 0.3) is 0 Å². The summed E-state index contributed by atoms with van der Waals surface area (Å²) in [7, 11) is 0. The molecule has 27 heavy (non-hydrogen) atoms. The molecule has 0 amide bonds. The number of nitrogens with zero attached hydrogens (tertiary/aromatic N) is 2. The third-order valence-corrected chi connectivity index (χ3v) is 4.65. The summed E-state index contributed by atoms with van der Waals surface area (Å²) >= 11 is 0. The van der Waals surface area contributed by atoms with Gasteiger partial charge >= 0.3 is 0 Å². The molecular formula is C25H20N2. The first-order valence-electron chi connectivity index (χ1n) is 9.02. The molecule has 0 aliphatic carbocycles. The van der Waals surface area contributed by atoms with Crippen molar-refractivity contribution in [2.75, 3.05) is 0 Å². The quantitative estimate of drug-likeness (QED) is 0.346. The first kappa shape index (κ1) is 16.9. The van der Waals surface area contributed by atoms with E-state index in [4.69, 9.17) is 4.99 Å². The highest BCUT2D eigenvalue weighted by molar-refractivity contribution is 5.78. The van der Waals surface area contributed by atoms with E-state index in [9.17, 15) is 0 Å². The van der Waals surface area contributed by atoms with Crippen LogP contribution in [0.2, 0.25) is 0 Å². The first-order chi connectivity index (χ1) is 13.4. The number of benzene rings is 3. The molecule has 0 radical (unpaired) electrons. The Bertz CT molecular complexity index is 898. The molecular weight excluding hydrogens is 328 g/mol. The maximum absolute atomic E-state index is 5.15. The lowest BCUT2D eigenvalue weighted by molar-refractivity contribution is 0.659. The van der Waals surface area contributed by atoms with Gasteiger partial charge in [0.15, 0.2) is 0 Å². The summed E-state index contributed by atoms with van der Waals surface area (Å²) in [6.45, 7) is 0. The van der Waals surface area contributed by atoms with Crippen molar-refractivity contribution in [3.8, 4) is 0 Å². The fourth-order valence-electron chi connectivity index (χ4n) is 3.38. The average molecular weight is 348 g/mol. The standard InChI is InChI=1S/C25H20N2/c1-4-12-21(13-5-1)25(22-14-6-2-7-15-22,23-16-8-3-9-17-23)27-20-24-18-10-11-19-26-24/h1-20H. The van der Waals surface area contributed by atoms with Gasteiger partial charge in [0.05, 0.1) is 5.69 Å². The molecule has 2 nitrogen and oxygen atoms in total. The topological polar surface area (TPSA) is 25.2 Å². The van der Waals surface area contributed by atoms with Gasteiger partial charge in [0.2, 0.25) is 0 Å². The molecule has 4 aromatic rings. The van der Waals surface area contributed by atoms with Gasteiger partial charge in [0, 0.05) is 12.4 Å². The zero-order valence-electron chi connectivity index (χ0n) is 14.9. The summed E-state index contributed by atoms with van der Waals surface area (Å²) < 4.78 is 0. The summed E-state index contributed by atoms with van der Waals surface area (Å²) in [6, 6.07) is 37.1. The van der Waals surface area contributed by atoms with Crippen LogP contribution in [0.3, 0.4) is 0 Å². The lowest BCUT2D eigenvalue weighted by Crippen LogP contribution is -2.27. The Morgan fingerprint density at radius 2 is 1.00 bits per heavy atom. The summed E-state index contributed by atoms with van der Waals surface area (Å²) in [5.74, 6) is 0. The van der Waals surface area contributed by atoms with Crippen molar-refractivity contribution in [2.24, 2.45) is 4.99 Å². The van der Waals surface area contributed by atoms with Gasteiger partial charge in [0.1, 0.15) is 5.54 Å². The molecule has 0 saturated heterocycles. The van der Waals surface area contributed by atoms with Crippen LogP contribution in [0.1, 0.15) is 22.4 Å². The number of aromatic nitrogens is 1. The summed E-state index contributed by atoms with van der Waals surface area (Å²) in [4.78, 5) is 9.56. The van der Waals surface area contributed by atoms with Crippen LogP contribution in [0, 0.1) is 0 Å². The predicted octanol–water partition coefficient (Wildman–Crippen LogP) is 5.49. The largest absolute Gasteiger partial charge is 0.270 e. The molecule has 0 spiro atoms. The SMILES string of the molecule is C(=NC(c1ccccc1)(c1ccccc1)c1ccccc1)c1ccccn1. The second-order valence-corrected chi connectivity index (χ2v) is 6.32. The second-order valence-electron chi connectivity index (χ2n) is 6.32. The third kappa shape index (κ3) is 3.42. The van der Waals surface area contributed by atoms with Gasteiger partial charge in [0.25, 0.3) is 0 Å². The van der Waals surface area contributed by atoms with Crippen molar-refractivity contribution in [1.82, 2.24) is 4.98 Å². The van der Waals surface area contributed by atoms with Gasteiger partial charge in [-0.25, -0.2) is 0 Å². The van der Waals surface area contributed by atoms with Crippen LogP contribution in [-0.2, 0) is 5.54 Å². The highest BCUT2D eigenvalue weighted by atomic mass is 14.9. The Balaban J connectivity index is 1.99. The molecule has 0 fully saturated rings. The molecule has 0 saturated carbocycles. The Labute approximate surface area is 159 Å². The van der Waals surface area contributed by atoms with Crippen LogP contribution < -0.4 is 0 Å². The highest BCUT2D eigenvalue weighted by Crippen LogP contribution is 2.40. The summed E-state index contributed by atoms with van der Waals surface area (Å²) in [5, 5.41) is 0. The fourth-order valence-corrected chi connectivity index (χ4v) is 3.38. The molecule has 0 N–H and O–H groups in total. The van der Waals surface area contributed by atoms with Crippen LogP contribution in [-0.4, -0.2) is 11.2 Å². The molecule has 3 aromatic carbocycles. The van der Waals surface area contributed by atoms with Crippen molar-refractivity contribution in [2.45, 2.75) is 5.54 Å². The van der Waals surface area contributed by atoms with E-state index in [0.29, 0.717) is 0 Å². The zero-order chi connectivity index (χ0) is 18.4. The molecule has 0 bridgehead atoms. The van der Waals surface area contributed by atoms with Crippen molar-refractivity contribution in [1.29, 1.82) is 0 Å². The maximum atomic E-state index is 5.15. The van der Waals surface area contributed by atoms with Gasteiger partial charge in [-0.2, -0.15) is 0 Å². The molecule has 4 rings (SSSR count). The minimum Gasteiger partial charge on any atom is -0.270 e. The molecule has 2 heteroatoms. The molecule has 130 valence electrons. The van der Waals surface area contributed by atoms with E-state index < -0.39 is 5.54 Å². The van der Waals surface area contributed by atoms with E-state index in [1.54, 1.807) is 6.20 Å². The second kappa shape index (κ2) is 7.79. The van der Waals surface area contributed by atoms with Crippen LogP contribution in [0.15, 0.2) is 120 Å². The lowest BCUT2D eigenvalue weighted by Gasteiger charge is -2.32. The molecule has 0 aliphatic heterocycles. The van der Waals surface area contributed by atoms with E-state index in [-0.39, 0.29) is 0 Å². The Kier molecular flexibility index (Phi) is 4.88. The number of rotatable bonds is 5. The minimum absolute atomic E-state index is 0.638. The number of aliphatic imine (C=N–C) groups is 1. The van der Waals surface area contributed by atoms with E-state index in [1.807, 2.05) is 42.6 Å². The lowest BCUT2D eigenvalue weighted by atomic mass is 9.77. The zero-order valence-corrected chi connectivity index (χ0v) is 14.9. The number of hydrogen-bond donors (Lipinski definition) is 0. The van der Waals surface area contributed by atoms with Crippen LogP contribution in [0.4, 0.5) is 0 Å². The first-order valence-corrected chi connectivity index (χ1v) is 9.02. The number of pyridine rings is 1. The van der Waals surface area contributed by atoms with Gasteiger partial charge in [-0.3, -0.25) is 9.98 Å². The van der Waals surface area contributed by atoms with Crippen molar-refractivity contribution >= 4 is 6.21 Å². The Morgan fingerprint density at radius 3 is 1.41 bits per heavy atom. The van der Waals surface area contributed by atoms with Gasteiger partial charge in [-0.15, -0.1) is 0 Å². The molecule has 0 aliphatic rings. The highest BCUT2D eigenvalue weighted by Gasteiger charge is 2.35. The van der Waals surface area contributed by atoms with Gasteiger partial charge in [-0.05, 0) is 28.8 Å². The predicted molar refractivity (Wildman–Crippen MR) is 111 cm³/mol. The molecule has 0 unspecified atom stereocenters. The van der Waals surface area contributed by atoms with Crippen molar-refractivity contribution < 1.29 is 0 Å². The van der Waals surface area contributed by atoms with E-state index in [1.165, 1.54) is 0 Å². The van der Waals surface area contributed by atoms with Crippen molar-refractivity contribution in [3.05, 3.63) is 138 Å². The smallest absolute Gasteiger partial charge is 0.136 e. The summed E-state index contributed by atoms with van der Waals surface area (Å²) in [5.41, 5.74) is 3.56. The number of hydrogen-bond acceptors (Lipinski definition) is 2. The fraction of sp³-hybridized carbons (Fsp3) is 0.0400. The minimum atomic E-state index is -0.638.